The predicted molar refractivity (Wildman–Crippen MR) is 114 cm³/mol. The number of rotatable bonds is 5. The maximum atomic E-state index is 10.6. The largest absolute Gasteiger partial charge is 0.299 e. The zero-order valence-corrected chi connectivity index (χ0v) is 18.1. The van der Waals surface area contributed by atoms with Crippen LogP contribution in [0, 0.1) is 40.4 Å². The standard InChI is InChI=1S/C24H39OP/c1-17-15-19-7-4-5-12-23(19,2)21-11-13-24(3)18(8-6-14-26-16-25)9-10-20(24)22(17)21/h16,18-22,26H,1,4-15H2,2-3H3. The van der Waals surface area contributed by atoms with Gasteiger partial charge in [-0.3, -0.25) is 4.79 Å². The molecular weight excluding hydrogens is 335 g/mol. The summed E-state index contributed by atoms with van der Waals surface area (Å²) in [6.07, 6.45) is 16.7. The van der Waals surface area contributed by atoms with Crippen molar-refractivity contribution in [1.82, 2.24) is 0 Å². The van der Waals surface area contributed by atoms with E-state index in [0.717, 1.165) is 41.8 Å². The van der Waals surface area contributed by atoms with Crippen LogP contribution in [0.25, 0.3) is 0 Å². The van der Waals surface area contributed by atoms with Crippen LogP contribution in [0.4, 0.5) is 0 Å². The summed E-state index contributed by atoms with van der Waals surface area (Å²) >= 11 is 0. The van der Waals surface area contributed by atoms with E-state index in [1.165, 1.54) is 70.6 Å². The molecule has 0 aromatic heterocycles. The van der Waals surface area contributed by atoms with Crippen LogP contribution in [0.15, 0.2) is 12.2 Å². The molecule has 8 atom stereocenters. The van der Waals surface area contributed by atoms with Crippen LogP contribution in [0.3, 0.4) is 0 Å². The lowest BCUT2D eigenvalue weighted by Crippen LogP contribution is -2.53. The molecule has 4 aliphatic rings. The van der Waals surface area contributed by atoms with Crippen LogP contribution in [-0.2, 0) is 4.79 Å². The fourth-order valence-electron chi connectivity index (χ4n) is 8.25. The Bertz CT molecular complexity index is 556. The molecule has 0 spiro atoms. The summed E-state index contributed by atoms with van der Waals surface area (Å²) in [6.45, 7) is 9.98. The lowest BCUT2D eigenvalue weighted by Gasteiger charge is -2.61. The average Bonchev–Trinajstić information content (AvgIpc) is 2.96. The fraction of sp³-hybridized carbons (Fsp3) is 0.875. The van der Waals surface area contributed by atoms with Gasteiger partial charge in [-0.2, -0.15) is 0 Å². The third-order valence-electron chi connectivity index (χ3n) is 9.70. The van der Waals surface area contributed by atoms with Crippen molar-refractivity contribution in [2.45, 2.75) is 84.5 Å². The van der Waals surface area contributed by atoms with Gasteiger partial charge in [0.1, 0.15) is 6.03 Å². The van der Waals surface area contributed by atoms with Crippen LogP contribution in [0.2, 0.25) is 0 Å². The Kier molecular flexibility index (Phi) is 5.42. The Morgan fingerprint density at radius 1 is 1.08 bits per heavy atom. The molecule has 0 radical (unpaired) electrons. The van der Waals surface area contributed by atoms with E-state index in [9.17, 15) is 4.79 Å². The summed E-state index contributed by atoms with van der Waals surface area (Å²) in [5.41, 5.74) is 2.79. The Morgan fingerprint density at radius 2 is 1.88 bits per heavy atom. The van der Waals surface area contributed by atoms with Gasteiger partial charge < -0.3 is 0 Å². The van der Waals surface area contributed by atoms with E-state index in [-0.39, 0.29) is 0 Å². The molecule has 1 nitrogen and oxygen atoms in total. The number of carbonyl (C=O) groups is 1. The SMILES string of the molecule is C=C1CC2CCCCC2(C)C2CCC3(C)C(CCCPC=O)CCC3C12. The van der Waals surface area contributed by atoms with Crippen LogP contribution in [-0.4, -0.2) is 12.2 Å². The summed E-state index contributed by atoms with van der Waals surface area (Å²) in [6, 6.07) is 1.12. The first-order valence-corrected chi connectivity index (χ1v) is 12.6. The predicted octanol–water partition coefficient (Wildman–Crippen LogP) is 6.85. The number of fused-ring (bicyclic) bond motifs is 5. The molecule has 4 aliphatic carbocycles. The minimum Gasteiger partial charge on any atom is -0.299 e. The Hall–Kier alpha value is -0.160. The van der Waals surface area contributed by atoms with Crippen LogP contribution in [0.5, 0.6) is 0 Å². The molecule has 0 heterocycles. The van der Waals surface area contributed by atoms with Gasteiger partial charge in [-0.1, -0.05) is 47.4 Å². The molecule has 146 valence electrons. The van der Waals surface area contributed by atoms with Crippen LogP contribution >= 0.6 is 8.58 Å². The number of hydrogen-bond donors (Lipinski definition) is 0. The van der Waals surface area contributed by atoms with E-state index in [2.05, 4.69) is 20.4 Å². The molecule has 0 saturated heterocycles. The van der Waals surface area contributed by atoms with Crippen molar-refractivity contribution in [3.8, 4) is 0 Å². The molecule has 0 N–H and O–H groups in total. The van der Waals surface area contributed by atoms with Gasteiger partial charge in [0, 0.05) is 0 Å². The second kappa shape index (κ2) is 7.35. The average molecular weight is 375 g/mol. The Balaban J connectivity index is 1.52. The van der Waals surface area contributed by atoms with Gasteiger partial charge in [0.05, 0.1) is 0 Å². The first kappa shape index (κ1) is 19.2. The van der Waals surface area contributed by atoms with E-state index in [1.54, 1.807) is 5.57 Å². The second-order valence-corrected chi connectivity index (χ2v) is 11.7. The van der Waals surface area contributed by atoms with Gasteiger partial charge in [0.15, 0.2) is 0 Å². The van der Waals surface area contributed by atoms with Gasteiger partial charge in [-0.15, -0.1) is 0 Å². The summed E-state index contributed by atoms with van der Waals surface area (Å²) < 4.78 is 0. The molecule has 26 heavy (non-hydrogen) atoms. The van der Waals surface area contributed by atoms with Gasteiger partial charge in [0.25, 0.3) is 0 Å². The van der Waals surface area contributed by atoms with Crippen molar-refractivity contribution < 1.29 is 4.79 Å². The van der Waals surface area contributed by atoms with Crippen molar-refractivity contribution in [1.29, 1.82) is 0 Å². The zero-order valence-electron chi connectivity index (χ0n) is 17.1. The van der Waals surface area contributed by atoms with E-state index >= 15 is 0 Å². The third kappa shape index (κ3) is 2.96. The molecule has 0 amide bonds. The first-order valence-electron chi connectivity index (χ1n) is 11.4. The Morgan fingerprint density at radius 3 is 2.69 bits per heavy atom. The van der Waals surface area contributed by atoms with Gasteiger partial charge >= 0.3 is 0 Å². The normalized spacial score (nSPS) is 48.2. The molecule has 0 aromatic carbocycles. The fourth-order valence-corrected chi connectivity index (χ4v) is 8.77. The van der Waals surface area contributed by atoms with E-state index in [1.807, 2.05) is 0 Å². The molecule has 4 saturated carbocycles. The molecule has 0 aromatic rings. The van der Waals surface area contributed by atoms with Crippen molar-refractivity contribution in [2.75, 3.05) is 6.16 Å². The van der Waals surface area contributed by atoms with Crippen LogP contribution in [0.1, 0.15) is 84.5 Å². The number of carbonyl (C=O) groups excluding carboxylic acids is 1. The van der Waals surface area contributed by atoms with Crippen LogP contribution < -0.4 is 0 Å². The van der Waals surface area contributed by atoms with Crippen molar-refractivity contribution in [3.63, 3.8) is 0 Å². The zero-order chi connectivity index (χ0) is 18.4. The third-order valence-corrected chi connectivity index (χ3v) is 10.5. The maximum absolute atomic E-state index is 10.6. The lowest BCUT2D eigenvalue weighted by atomic mass is 9.44. The molecule has 8 unspecified atom stereocenters. The highest BCUT2D eigenvalue weighted by Gasteiger charge is 2.60. The van der Waals surface area contributed by atoms with E-state index in [4.69, 9.17) is 0 Å². The summed E-state index contributed by atoms with van der Waals surface area (Å²) in [5.74, 6) is 4.45. The molecular formula is C24H39OP. The molecule has 0 bridgehead atoms. The molecule has 4 rings (SSSR count). The first-order chi connectivity index (χ1) is 12.5. The monoisotopic (exact) mass is 374 g/mol. The van der Waals surface area contributed by atoms with Crippen molar-refractivity contribution in [3.05, 3.63) is 12.2 Å². The topological polar surface area (TPSA) is 17.1 Å². The van der Waals surface area contributed by atoms with Gasteiger partial charge in [-0.25, -0.2) is 0 Å². The highest BCUT2D eigenvalue weighted by atomic mass is 31.1. The highest BCUT2D eigenvalue weighted by Crippen LogP contribution is 2.68. The molecule has 0 aliphatic heterocycles. The number of allylic oxidation sites excluding steroid dienone is 1. The van der Waals surface area contributed by atoms with E-state index < -0.39 is 0 Å². The smallest absolute Gasteiger partial charge is 0.138 e. The second-order valence-electron chi connectivity index (χ2n) is 10.6. The van der Waals surface area contributed by atoms with Gasteiger partial charge in [0.2, 0.25) is 0 Å². The minimum atomic E-state index is 0.526. The lowest BCUT2D eigenvalue weighted by molar-refractivity contribution is -0.0856. The molecule has 4 fully saturated rings. The molecule has 2 heteroatoms. The summed E-state index contributed by atoms with van der Waals surface area (Å²) in [4.78, 5) is 10.6. The van der Waals surface area contributed by atoms with Crippen molar-refractivity contribution in [2.24, 2.45) is 40.4 Å². The minimum absolute atomic E-state index is 0.526. The summed E-state index contributed by atoms with van der Waals surface area (Å²) in [7, 11) is 0.526. The van der Waals surface area contributed by atoms with E-state index in [0.29, 0.717) is 19.4 Å². The quantitative estimate of drug-likeness (QED) is 0.222. The number of hydrogen-bond acceptors (Lipinski definition) is 1. The maximum Gasteiger partial charge on any atom is 0.138 e. The summed E-state index contributed by atoms with van der Waals surface area (Å²) in [5, 5.41) is 0. The van der Waals surface area contributed by atoms with Gasteiger partial charge in [-0.05, 0) is 104 Å². The highest BCUT2D eigenvalue weighted by molar-refractivity contribution is 7.54. The Labute approximate surface area is 162 Å². The van der Waals surface area contributed by atoms with Crippen molar-refractivity contribution >= 4 is 14.6 Å².